The quantitative estimate of drug-likeness (QED) is 0.292. The number of hydrogen-bond acceptors (Lipinski definition) is 1. The predicted octanol–water partition coefficient (Wildman–Crippen LogP) is 7.93. The summed E-state index contributed by atoms with van der Waals surface area (Å²) in [5.74, 6) is 0. The molecule has 1 heterocycles. The molecule has 0 fully saturated rings. The number of nitrogens with zero attached hydrogens (tertiary/aromatic N) is 2. The second kappa shape index (κ2) is 7.69. The van der Waals surface area contributed by atoms with Gasteiger partial charge in [-0.05, 0) is 48.0 Å². The van der Waals surface area contributed by atoms with Crippen molar-refractivity contribution >= 4 is 50.7 Å². The van der Waals surface area contributed by atoms with Gasteiger partial charge in [-0.1, -0.05) is 75.0 Å². The SMILES string of the molecule is Clc1ccc(-c2ccnn2-c2c(Cl)cc(Cl)cc2-c2ccc(Br)cc2)cc1. The summed E-state index contributed by atoms with van der Waals surface area (Å²) in [7, 11) is 0. The van der Waals surface area contributed by atoms with Crippen molar-refractivity contribution in [2.75, 3.05) is 0 Å². The van der Waals surface area contributed by atoms with E-state index < -0.39 is 0 Å². The molecule has 2 nitrogen and oxygen atoms in total. The molecule has 0 aliphatic rings. The summed E-state index contributed by atoms with van der Waals surface area (Å²) < 4.78 is 2.83. The van der Waals surface area contributed by atoms with Crippen LogP contribution in [0.2, 0.25) is 15.1 Å². The van der Waals surface area contributed by atoms with Gasteiger partial charge in [0.25, 0.3) is 0 Å². The molecule has 0 unspecified atom stereocenters. The second-order valence-corrected chi connectivity index (χ2v) is 8.12. The van der Waals surface area contributed by atoms with Crippen LogP contribution in [0.1, 0.15) is 0 Å². The summed E-state index contributed by atoms with van der Waals surface area (Å²) in [5, 5.41) is 6.31. The van der Waals surface area contributed by atoms with Crippen LogP contribution >= 0.6 is 50.7 Å². The molecule has 4 aromatic rings. The van der Waals surface area contributed by atoms with Gasteiger partial charge in [0.15, 0.2) is 0 Å². The van der Waals surface area contributed by atoms with Gasteiger partial charge in [-0.2, -0.15) is 5.10 Å². The van der Waals surface area contributed by atoms with Crippen molar-refractivity contribution in [2.45, 2.75) is 0 Å². The molecule has 3 aromatic carbocycles. The molecule has 0 bridgehead atoms. The van der Waals surface area contributed by atoms with Crippen LogP contribution in [0, 0.1) is 0 Å². The van der Waals surface area contributed by atoms with Crippen LogP contribution in [-0.2, 0) is 0 Å². The lowest BCUT2D eigenvalue weighted by Gasteiger charge is -2.16. The fourth-order valence-corrected chi connectivity index (χ4v) is 3.92. The maximum absolute atomic E-state index is 6.62. The van der Waals surface area contributed by atoms with Crippen LogP contribution in [0.5, 0.6) is 0 Å². The first kappa shape index (κ1) is 18.6. The summed E-state index contributed by atoms with van der Waals surface area (Å²) in [5.41, 5.74) is 4.58. The first-order valence-electron chi connectivity index (χ1n) is 8.08. The van der Waals surface area contributed by atoms with Gasteiger partial charge in [0, 0.05) is 25.6 Å². The van der Waals surface area contributed by atoms with Crippen LogP contribution in [0.3, 0.4) is 0 Å². The van der Waals surface area contributed by atoms with Crippen molar-refractivity contribution in [1.82, 2.24) is 9.78 Å². The molecule has 27 heavy (non-hydrogen) atoms. The summed E-state index contributed by atoms with van der Waals surface area (Å²) in [6, 6.07) is 21.2. The largest absolute Gasteiger partial charge is 0.231 e. The highest BCUT2D eigenvalue weighted by molar-refractivity contribution is 9.10. The first-order valence-corrected chi connectivity index (χ1v) is 10.0. The Hall–Kier alpha value is -1.78. The van der Waals surface area contributed by atoms with Crippen LogP contribution in [0.25, 0.3) is 28.1 Å². The van der Waals surface area contributed by atoms with Crippen molar-refractivity contribution in [1.29, 1.82) is 0 Å². The highest BCUT2D eigenvalue weighted by Gasteiger charge is 2.17. The minimum atomic E-state index is 0.527. The van der Waals surface area contributed by atoms with E-state index in [4.69, 9.17) is 34.8 Å². The zero-order chi connectivity index (χ0) is 19.0. The molecule has 6 heteroatoms. The van der Waals surface area contributed by atoms with Gasteiger partial charge in [-0.3, -0.25) is 0 Å². The molecule has 0 atom stereocenters. The summed E-state index contributed by atoms with van der Waals surface area (Å²) in [6.07, 6.45) is 1.75. The Morgan fingerprint density at radius 3 is 2.11 bits per heavy atom. The average molecular weight is 479 g/mol. The highest BCUT2D eigenvalue weighted by atomic mass is 79.9. The van der Waals surface area contributed by atoms with Crippen molar-refractivity contribution in [2.24, 2.45) is 0 Å². The summed E-state index contributed by atoms with van der Waals surface area (Å²) >= 11 is 22.4. The molecule has 0 spiro atoms. The Kier molecular flexibility index (Phi) is 5.29. The number of benzene rings is 3. The third kappa shape index (κ3) is 3.78. The van der Waals surface area contributed by atoms with Crippen molar-refractivity contribution in [3.05, 3.63) is 92.5 Å². The lowest BCUT2D eigenvalue weighted by atomic mass is 10.0. The monoisotopic (exact) mass is 476 g/mol. The highest BCUT2D eigenvalue weighted by Crippen LogP contribution is 2.38. The standard InChI is InChI=1S/C21H12BrCl3N2/c22-15-5-1-13(2-6-15)18-11-17(24)12-19(25)21(18)27-20(9-10-26-27)14-3-7-16(23)8-4-14/h1-12H. The summed E-state index contributed by atoms with van der Waals surface area (Å²) in [6.45, 7) is 0. The lowest BCUT2D eigenvalue weighted by molar-refractivity contribution is 0.890. The molecule has 1 aromatic heterocycles. The Morgan fingerprint density at radius 1 is 0.741 bits per heavy atom. The number of aromatic nitrogens is 2. The van der Waals surface area contributed by atoms with Crippen LogP contribution in [0.15, 0.2) is 77.4 Å². The predicted molar refractivity (Wildman–Crippen MR) is 117 cm³/mol. The number of rotatable bonds is 3. The molecular formula is C21H12BrCl3N2. The van der Waals surface area contributed by atoms with Gasteiger partial charge in [-0.25, -0.2) is 4.68 Å². The third-order valence-corrected chi connectivity index (χ3v) is 5.46. The van der Waals surface area contributed by atoms with Crippen molar-refractivity contribution in [3.63, 3.8) is 0 Å². The molecule has 0 N–H and O–H groups in total. The molecule has 0 radical (unpaired) electrons. The van der Waals surface area contributed by atoms with Crippen LogP contribution in [-0.4, -0.2) is 9.78 Å². The Labute approximate surface area is 180 Å². The minimum Gasteiger partial charge on any atom is -0.231 e. The van der Waals surface area contributed by atoms with Crippen molar-refractivity contribution < 1.29 is 0 Å². The Balaban J connectivity index is 1.94. The lowest BCUT2D eigenvalue weighted by Crippen LogP contribution is -2.02. The maximum Gasteiger partial charge on any atom is 0.0918 e. The molecular weight excluding hydrogens is 467 g/mol. The van der Waals surface area contributed by atoms with Gasteiger partial charge >= 0.3 is 0 Å². The minimum absolute atomic E-state index is 0.527. The molecule has 4 rings (SSSR count). The Bertz CT molecular complexity index is 1100. The topological polar surface area (TPSA) is 17.8 Å². The normalized spacial score (nSPS) is 11.0. The van der Waals surface area contributed by atoms with Gasteiger partial charge in [0.05, 0.1) is 22.6 Å². The number of hydrogen-bond donors (Lipinski definition) is 0. The smallest absolute Gasteiger partial charge is 0.0918 e. The van der Waals surface area contributed by atoms with Crippen molar-refractivity contribution in [3.8, 4) is 28.1 Å². The van der Waals surface area contributed by atoms with Crippen LogP contribution < -0.4 is 0 Å². The molecule has 0 saturated heterocycles. The van der Waals surface area contributed by atoms with Gasteiger partial charge < -0.3 is 0 Å². The van der Waals surface area contributed by atoms with Crippen LogP contribution in [0.4, 0.5) is 0 Å². The number of halogens is 4. The van der Waals surface area contributed by atoms with E-state index in [1.165, 1.54) is 0 Å². The molecule has 0 aliphatic heterocycles. The Morgan fingerprint density at radius 2 is 1.41 bits per heavy atom. The van der Waals surface area contributed by atoms with Gasteiger partial charge in [-0.15, -0.1) is 0 Å². The van der Waals surface area contributed by atoms with E-state index in [1.807, 2.05) is 65.3 Å². The average Bonchev–Trinajstić information content (AvgIpc) is 3.11. The fraction of sp³-hybridized carbons (Fsp3) is 0. The van der Waals surface area contributed by atoms with E-state index in [0.29, 0.717) is 15.1 Å². The fourth-order valence-electron chi connectivity index (χ4n) is 2.95. The van der Waals surface area contributed by atoms with E-state index in [1.54, 1.807) is 12.3 Å². The molecule has 134 valence electrons. The second-order valence-electron chi connectivity index (χ2n) is 5.93. The van der Waals surface area contributed by atoms with Gasteiger partial charge in [0.2, 0.25) is 0 Å². The van der Waals surface area contributed by atoms with E-state index in [9.17, 15) is 0 Å². The zero-order valence-corrected chi connectivity index (χ0v) is 17.7. The maximum atomic E-state index is 6.62. The van der Waals surface area contributed by atoms with E-state index >= 15 is 0 Å². The van der Waals surface area contributed by atoms with E-state index in [0.717, 1.165) is 32.5 Å². The summed E-state index contributed by atoms with van der Waals surface area (Å²) in [4.78, 5) is 0. The molecule has 0 amide bonds. The molecule has 0 aliphatic carbocycles. The van der Waals surface area contributed by atoms with E-state index in [2.05, 4.69) is 21.0 Å². The van der Waals surface area contributed by atoms with Gasteiger partial charge in [0.1, 0.15) is 0 Å². The first-order chi connectivity index (χ1) is 13.0. The van der Waals surface area contributed by atoms with E-state index in [-0.39, 0.29) is 0 Å². The zero-order valence-electron chi connectivity index (χ0n) is 13.8. The third-order valence-electron chi connectivity index (χ3n) is 4.18. The molecule has 0 saturated carbocycles.